The highest BCUT2D eigenvalue weighted by atomic mass is 79.9. The molecule has 0 fully saturated rings. The van der Waals surface area contributed by atoms with Crippen molar-refractivity contribution < 1.29 is 29.5 Å². The summed E-state index contributed by atoms with van der Waals surface area (Å²) >= 11 is 10.7. The van der Waals surface area contributed by atoms with Crippen molar-refractivity contribution >= 4 is 47.8 Å². The van der Waals surface area contributed by atoms with Crippen LogP contribution in [0.1, 0.15) is 89.2 Å². The molecule has 0 aliphatic carbocycles. The predicted octanol–water partition coefficient (Wildman–Crippen LogP) is 8.93. The fourth-order valence-corrected chi connectivity index (χ4v) is 7.47. The molecule has 3 atom stereocenters. The largest absolute Gasteiger partial charge is 0.496 e. The van der Waals surface area contributed by atoms with Crippen LogP contribution in [-0.2, 0) is 19.3 Å². The van der Waals surface area contributed by atoms with Gasteiger partial charge in [-0.1, -0.05) is 68.6 Å². The van der Waals surface area contributed by atoms with Crippen molar-refractivity contribution in [2.45, 2.75) is 58.3 Å². The monoisotopic (exact) mass is 804 g/mol. The molecule has 0 saturated heterocycles. The van der Waals surface area contributed by atoms with Gasteiger partial charge in [0.2, 0.25) is 0 Å². The molecule has 0 aliphatic heterocycles. The molecule has 0 aromatic heterocycles. The summed E-state index contributed by atoms with van der Waals surface area (Å²) in [6, 6.07) is 16.5. The smallest absolute Gasteiger partial charge is 0.125 e. The first kappa shape index (κ1) is 35.5. The summed E-state index contributed by atoms with van der Waals surface area (Å²) in [7, 11) is 4.72. The van der Waals surface area contributed by atoms with Gasteiger partial charge in [0, 0.05) is 30.1 Å². The number of aliphatic hydroxyl groups excluding tert-OH is 3. The van der Waals surface area contributed by atoms with Crippen molar-refractivity contribution in [1.29, 1.82) is 0 Å². The average molecular weight is 807 g/mol. The third-order valence-corrected chi connectivity index (χ3v) is 9.77. The summed E-state index contributed by atoms with van der Waals surface area (Å²) in [5.74, 6) is 1.59. The number of ether oxygens (including phenoxy) is 3. The molecule has 45 heavy (non-hydrogen) atoms. The quantitative estimate of drug-likeness (QED) is 0.133. The van der Waals surface area contributed by atoms with Crippen LogP contribution >= 0.6 is 47.8 Å². The second-order valence-electron chi connectivity index (χ2n) is 10.6. The molecule has 0 heterocycles. The van der Waals surface area contributed by atoms with Crippen molar-refractivity contribution in [3.05, 3.63) is 118 Å². The minimum absolute atomic E-state index is 0.516. The van der Waals surface area contributed by atoms with Crippen molar-refractivity contribution in [2.75, 3.05) is 21.3 Å². The van der Waals surface area contributed by atoms with Gasteiger partial charge in [-0.15, -0.1) is 0 Å². The zero-order valence-electron chi connectivity index (χ0n) is 26.2. The number of hydrogen-bond acceptors (Lipinski definition) is 6. The lowest BCUT2D eigenvalue weighted by Gasteiger charge is -2.33. The minimum Gasteiger partial charge on any atom is -0.496 e. The molecule has 4 rings (SSSR count). The van der Waals surface area contributed by atoms with Crippen LogP contribution in [0, 0.1) is 0 Å². The van der Waals surface area contributed by atoms with Gasteiger partial charge < -0.3 is 29.5 Å². The first-order valence-corrected chi connectivity index (χ1v) is 17.2. The van der Waals surface area contributed by atoms with E-state index in [9.17, 15) is 15.3 Å². The first-order chi connectivity index (χ1) is 21.6. The Bertz CT molecular complexity index is 1460. The van der Waals surface area contributed by atoms with E-state index in [0.717, 1.165) is 30.1 Å². The lowest BCUT2D eigenvalue weighted by atomic mass is 9.75. The van der Waals surface area contributed by atoms with Gasteiger partial charge in [-0.25, -0.2) is 0 Å². The fraction of sp³-hybridized carbons (Fsp3) is 0.333. The lowest BCUT2D eigenvalue weighted by molar-refractivity contribution is 0.197. The number of aliphatic hydroxyl groups is 3. The van der Waals surface area contributed by atoms with Crippen molar-refractivity contribution in [3.8, 4) is 17.2 Å². The van der Waals surface area contributed by atoms with Crippen molar-refractivity contribution in [2.24, 2.45) is 0 Å². The molecule has 0 radical (unpaired) electrons. The van der Waals surface area contributed by atoms with Crippen LogP contribution in [0.15, 0.2) is 68.0 Å². The highest BCUT2D eigenvalue weighted by molar-refractivity contribution is 9.11. The lowest BCUT2D eigenvalue weighted by Crippen LogP contribution is -2.21. The predicted molar refractivity (Wildman–Crippen MR) is 189 cm³/mol. The summed E-state index contributed by atoms with van der Waals surface area (Å²) in [6.45, 7) is 6.05. The first-order valence-electron chi connectivity index (χ1n) is 14.8. The van der Waals surface area contributed by atoms with E-state index in [1.54, 1.807) is 21.3 Å². The molecule has 0 saturated carbocycles. The second-order valence-corrected chi connectivity index (χ2v) is 13.4. The topological polar surface area (TPSA) is 88.4 Å². The van der Waals surface area contributed by atoms with Crippen LogP contribution < -0.4 is 14.2 Å². The molecule has 4 aromatic rings. The van der Waals surface area contributed by atoms with Gasteiger partial charge in [0.05, 0.1) is 21.3 Å². The highest BCUT2D eigenvalue weighted by Gasteiger charge is 2.34. The Balaban J connectivity index is 2.20. The molecule has 240 valence electrons. The molecular weight excluding hydrogens is 768 g/mol. The fourth-order valence-electron chi connectivity index (χ4n) is 6.34. The van der Waals surface area contributed by atoms with Crippen LogP contribution in [0.3, 0.4) is 0 Å². The Labute approximate surface area is 290 Å². The Morgan fingerprint density at radius 2 is 0.733 bits per heavy atom. The van der Waals surface area contributed by atoms with E-state index in [0.29, 0.717) is 69.9 Å². The Morgan fingerprint density at radius 1 is 0.489 bits per heavy atom. The highest BCUT2D eigenvalue weighted by Crippen LogP contribution is 2.47. The van der Waals surface area contributed by atoms with E-state index in [1.807, 2.05) is 75.4 Å². The maximum Gasteiger partial charge on any atom is 0.125 e. The van der Waals surface area contributed by atoms with Crippen molar-refractivity contribution in [3.63, 3.8) is 0 Å². The third kappa shape index (κ3) is 6.99. The van der Waals surface area contributed by atoms with E-state index in [4.69, 9.17) is 14.2 Å². The normalized spacial score (nSPS) is 13.3. The Kier molecular flexibility index (Phi) is 12.2. The van der Waals surface area contributed by atoms with Gasteiger partial charge in [-0.2, -0.15) is 0 Å². The van der Waals surface area contributed by atoms with Gasteiger partial charge >= 0.3 is 0 Å². The number of hydrogen-bond donors (Lipinski definition) is 3. The second kappa shape index (κ2) is 15.5. The maximum absolute atomic E-state index is 12.3. The number of rotatable bonds is 12. The van der Waals surface area contributed by atoms with Crippen LogP contribution in [0.25, 0.3) is 0 Å². The zero-order valence-corrected chi connectivity index (χ0v) is 31.0. The molecule has 9 heteroatoms. The molecule has 3 N–H and O–H groups in total. The summed E-state index contributed by atoms with van der Waals surface area (Å²) in [5, 5.41) is 37.0. The maximum atomic E-state index is 12.3. The Morgan fingerprint density at radius 3 is 0.933 bits per heavy atom. The van der Waals surface area contributed by atoms with E-state index < -0.39 is 18.3 Å². The van der Waals surface area contributed by atoms with Gasteiger partial charge in [0.25, 0.3) is 0 Å². The summed E-state index contributed by atoms with van der Waals surface area (Å²) in [6.07, 6.45) is -1.83. The number of methoxy groups -OCH3 is 3. The van der Waals surface area contributed by atoms with E-state index in [-0.39, 0.29) is 0 Å². The molecule has 4 aromatic carbocycles. The standard InChI is InChI=1S/C36H39Br3O6/c1-7-22-31(34(40)25-16-19(37)10-13-28(25)43-4)23(8-2)33(36(42)27-18-21(39)12-15-30(27)45-6)24(9-3)32(22)35(41)26-17-20(38)11-14-29(26)44-5/h10-18,34-36,40-42H,7-9H2,1-6H3. The number of benzene rings is 4. The molecular formula is C36H39Br3O6. The average Bonchev–Trinajstić information content (AvgIpc) is 3.05. The van der Waals surface area contributed by atoms with Crippen LogP contribution in [-0.4, -0.2) is 36.6 Å². The molecule has 0 amide bonds. The molecule has 0 aliphatic rings. The van der Waals surface area contributed by atoms with Gasteiger partial charge in [0.1, 0.15) is 35.6 Å². The molecule has 0 bridgehead atoms. The van der Waals surface area contributed by atoms with Gasteiger partial charge in [-0.05, 0) is 107 Å². The van der Waals surface area contributed by atoms with E-state index >= 15 is 0 Å². The third-order valence-electron chi connectivity index (χ3n) is 8.29. The number of halogens is 3. The van der Waals surface area contributed by atoms with E-state index in [2.05, 4.69) is 47.8 Å². The summed E-state index contributed by atoms with van der Waals surface area (Å²) in [5.41, 5.74) is 6.06. The molecule has 0 spiro atoms. The van der Waals surface area contributed by atoms with Gasteiger partial charge in [-0.3, -0.25) is 0 Å². The summed E-state index contributed by atoms with van der Waals surface area (Å²) < 4.78 is 19.4. The summed E-state index contributed by atoms with van der Waals surface area (Å²) in [4.78, 5) is 0. The zero-order chi connectivity index (χ0) is 33.0. The Hall–Kier alpha value is -2.40. The van der Waals surface area contributed by atoms with Crippen LogP contribution in [0.2, 0.25) is 0 Å². The SMILES string of the molecule is CCc1c(C(O)c2cc(Br)ccc2OC)c(CC)c(C(O)c2cc(Br)ccc2OC)c(CC)c1C(O)c1cc(Br)ccc1OC. The van der Waals surface area contributed by atoms with Gasteiger partial charge in [0.15, 0.2) is 0 Å². The molecule has 6 nitrogen and oxygen atoms in total. The molecule has 3 unspecified atom stereocenters. The minimum atomic E-state index is -1.13. The van der Waals surface area contributed by atoms with Crippen LogP contribution in [0.4, 0.5) is 0 Å². The van der Waals surface area contributed by atoms with Crippen molar-refractivity contribution in [1.82, 2.24) is 0 Å². The van der Waals surface area contributed by atoms with E-state index in [1.165, 1.54) is 0 Å². The van der Waals surface area contributed by atoms with Crippen LogP contribution in [0.5, 0.6) is 17.2 Å².